The standard InChI is InChI=1S/C16H18N6OS2/c1-3-7-22-13(10-12-5-4-8-21(12)2)19-20-16(22)25-11-14(23)18-15-17-6-9-24-15/h3-6,8-9H,1,7,10-11H2,2H3,(H,17,18,23). The molecule has 0 atom stereocenters. The minimum atomic E-state index is -0.114. The van der Waals surface area contributed by atoms with Gasteiger partial charge in [-0.3, -0.25) is 4.79 Å². The van der Waals surface area contributed by atoms with Crippen molar-refractivity contribution in [2.75, 3.05) is 11.1 Å². The molecule has 130 valence electrons. The number of carbonyl (C=O) groups is 1. The average molecular weight is 374 g/mol. The van der Waals surface area contributed by atoms with Gasteiger partial charge < -0.3 is 14.5 Å². The molecule has 3 heterocycles. The zero-order valence-corrected chi connectivity index (χ0v) is 15.4. The number of thioether (sulfide) groups is 1. The molecule has 0 fully saturated rings. The number of aryl methyl sites for hydroxylation is 1. The number of nitrogens with zero attached hydrogens (tertiary/aromatic N) is 5. The molecule has 0 radical (unpaired) electrons. The number of thiazole rings is 1. The first kappa shape index (κ1) is 17.4. The lowest BCUT2D eigenvalue weighted by Gasteiger charge is -2.08. The number of amides is 1. The molecular weight excluding hydrogens is 356 g/mol. The molecule has 3 aromatic rings. The van der Waals surface area contributed by atoms with Crippen molar-refractivity contribution in [1.29, 1.82) is 0 Å². The van der Waals surface area contributed by atoms with Crippen molar-refractivity contribution in [3.63, 3.8) is 0 Å². The molecule has 0 saturated carbocycles. The minimum Gasteiger partial charge on any atom is -0.354 e. The summed E-state index contributed by atoms with van der Waals surface area (Å²) < 4.78 is 4.04. The van der Waals surface area contributed by atoms with E-state index in [1.165, 1.54) is 23.1 Å². The van der Waals surface area contributed by atoms with Gasteiger partial charge in [0.1, 0.15) is 5.82 Å². The second-order valence-corrected chi connectivity index (χ2v) is 7.10. The second-order valence-electron chi connectivity index (χ2n) is 5.26. The number of allylic oxidation sites excluding steroid dienone is 1. The van der Waals surface area contributed by atoms with Gasteiger partial charge in [0.15, 0.2) is 10.3 Å². The lowest BCUT2D eigenvalue weighted by Crippen LogP contribution is -2.14. The molecule has 0 bridgehead atoms. The molecule has 0 aliphatic rings. The lowest BCUT2D eigenvalue weighted by molar-refractivity contribution is -0.113. The van der Waals surface area contributed by atoms with Crippen molar-refractivity contribution >= 4 is 34.1 Å². The summed E-state index contributed by atoms with van der Waals surface area (Å²) in [6, 6.07) is 4.06. The highest BCUT2D eigenvalue weighted by atomic mass is 32.2. The molecule has 0 unspecified atom stereocenters. The van der Waals surface area contributed by atoms with Crippen LogP contribution in [-0.4, -0.2) is 36.0 Å². The highest BCUT2D eigenvalue weighted by molar-refractivity contribution is 7.99. The van der Waals surface area contributed by atoms with Crippen LogP contribution in [0.5, 0.6) is 0 Å². The van der Waals surface area contributed by atoms with Crippen LogP contribution in [0, 0.1) is 0 Å². The molecule has 0 spiro atoms. The molecule has 0 aliphatic heterocycles. The van der Waals surface area contributed by atoms with Crippen molar-refractivity contribution in [3.8, 4) is 0 Å². The summed E-state index contributed by atoms with van der Waals surface area (Å²) in [7, 11) is 2.00. The number of rotatable bonds is 8. The summed E-state index contributed by atoms with van der Waals surface area (Å²) in [5.74, 6) is 0.987. The van der Waals surface area contributed by atoms with Crippen LogP contribution in [-0.2, 0) is 24.8 Å². The van der Waals surface area contributed by atoms with Crippen molar-refractivity contribution in [2.24, 2.45) is 7.05 Å². The summed E-state index contributed by atoms with van der Waals surface area (Å²) >= 11 is 2.74. The van der Waals surface area contributed by atoms with Gasteiger partial charge in [-0.2, -0.15) is 0 Å². The smallest absolute Gasteiger partial charge is 0.236 e. The van der Waals surface area contributed by atoms with Gasteiger partial charge >= 0.3 is 0 Å². The highest BCUT2D eigenvalue weighted by Crippen LogP contribution is 2.20. The fourth-order valence-corrected chi connectivity index (χ4v) is 3.59. The zero-order chi connectivity index (χ0) is 17.6. The molecule has 9 heteroatoms. The molecule has 0 aliphatic carbocycles. The largest absolute Gasteiger partial charge is 0.354 e. The van der Waals surface area contributed by atoms with Crippen molar-refractivity contribution in [3.05, 3.63) is 54.1 Å². The van der Waals surface area contributed by atoms with Crippen molar-refractivity contribution in [1.82, 2.24) is 24.3 Å². The minimum absolute atomic E-state index is 0.114. The number of hydrogen-bond acceptors (Lipinski definition) is 6. The first-order valence-electron chi connectivity index (χ1n) is 7.62. The Kier molecular flexibility index (Phi) is 5.67. The van der Waals surface area contributed by atoms with Crippen LogP contribution in [0.2, 0.25) is 0 Å². The van der Waals surface area contributed by atoms with Gasteiger partial charge in [0, 0.05) is 43.5 Å². The Bertz CT molecular complexity index is 852. The van der Waals surface area contributed by atoms with Gasteiger partial charge in [-0.05, 0) is 12.1 Å². The maximum Gasteiger partial charge on any atom is 0.236 e. The van der Waals surface area contributed by atoms with E-state index in [1.807, 2.05) is 29.3 Å². The van der Waals surface area contributed by atoms with E-state index >= 15 is 0 Å². The van der Waals surface area contributed by atoms with Crippen LogP contribution in [0.4, 0.5) is 5.13 Å². The molecule has 0 saturated heterocycles. The number of aromatic nitrogens is 5. The monoisotopic (exact) mass is 374 g/mol. The van der Waals surface area contributed by atoms with Gasteiger partial charge in [0.2, 0.25) is 5.91 Å². The van der Waals surface area contributed by atoms with Crippen LogP contribution < -0.4 is 5.32 Å². The normalized spacial score (nSPS) is 10.8. The van der Waals surface area contributed by atoms with E-state index in [2.05, 4.69) is 37.7 Å². The predicted molar refractivity (Wildman–Crippen MR) is 99.9 cm³/mol. The van der Waals surface area contributed by atoms with Crippen LogP contribution in [0.1, 0.15) is 11.5 Å². The SMILES string of the molecule is C=CCn1c(Cc2cccn2C)nnc1SCC(=O)Nc1nccs1. The highest BCUT2D eigenvalue weighted by Gasteiger charge is 2.15. The van der Waals surface area contributed by atoms with E-state index in [1.54, 1.807) is 12.3 Å². The summed E-state index contributed by atoms with van der Waals surface area (Å²) in [5.41, 5.74) is 1.15. The zero-order valence-electron chi connectivity index (χ0n) is 13.8. The molecule has 1 N–H and O–H groups in total. The van der Waals surface area contributed by atoms with Crippen molar-refractivity contribution < 1.29 is 4.79 Å². The van der Waals surface area contributed by atoms with E-state index < -0.39 is 0 Å². The van der Waals surface area contributed by atoms with Crippen LogP contribution >= 0.6 is 23.1 Å². The summed E-state index contributed by atoms with van der Waals surface area (Å²) in [6.07, 6.45) is 6.14. The topological polar surface area (TPSA) is 77.6 Å². The number of carbonyl (C=O) groups excluding carboxylic acids is 1. The van der Waals surface area contributed by atoms with E-state index in [9.17, 15) is 4.79 Å². The van der Waals surface area contributed by atoms with Crippen LogP contribution in [0.25, 0.3) is 0 Å². The number of nitrogens with one attached hydrogen (secondary N) is 1. The Morgan fingerprint density at radius 2 is 2.36 bits per heavy atom. The Hall–Kier alpha value is -2.39. The van der Waals surface area contributed by atoms with E-state index in [4.69, 9.17) is 0 Å². The molecule has 1 amide bonds. The molecule has 0 aromatic carbocycles. The van der Waals surface area contributed by atoms with Crippen molar-refractivity contribution in [2.45, 2.75) is 18.1 Å². The van der Waals surface area contributed by atoms with Crippen LogP contribution in [0.15, 0.2) is 47.7 Å². The van der Waals surface area contributed by atoms with Gasteiger partial charge in [0.05, 0.1) is 5.75 Å². The quantitative estimate of drug-likeness (QED) is 0.484. The second kappa shape index (κ2) is 8.13. The molecule has 3 rings (SSSR count). The fraction of sp³-hybridized carbons (Fsp3) is 0.250. The van der Waals surface area contributed by atoms with E-state index in [-0.39, 0.29) is 11.7 Å². The van der Waals surface area contributed by atoms with Gasteiger partial charge in [-0.25, -0.2) is 4.98 Å². The first-order valence-corrected chi connectivity index (χ1v) is 9.49. The van der Waals surface area contributed by atoms with Gasteiger partial charge in [-0.15, -0.1) is 28.1 Å². The summed E-state index contributed by atoms with van der Waals surface area (Å²) in [5, 5.41) is 14.4. The first-order chi connectivity index (χ1) is 12.2. The molecular formula is C16H18N6OS2. The van der Waals surface area contributed by atoms with Gasteiger partial charge in [-0.1, -0.05) is 17.8 Å². The third kappa shape index (κ3) is 4.37. The van der Waals surface area contributed by atoms with Crippen LogP contribution in [0.3, 0.4) is 0 Å². The average Bonchev–Trinajstić information content (AvgIpc) is 3.31. The fourth-order valence-electron chi connectivity index (χ4n) is 2.28. The van der Waals surface area contributed by atoms with Gasteiger partial charge in [0.25, 0.3) is 0 Å². The maximum absolute atomic E-state index is 12.0. The Morgan fingerprint density at radius 1 is 1.48 bits per heavy atom. The summed E-state index contributed by atoms with van der Waals surface area (Å²) in [6.45, 7) is 4.40. The number of anilines is 1. The van der Waals surface area contributed by atoms with E-state index in [0.29, 0.717) is 23.3 Å². The third-order valence-corrected chi connectivity index (χ3v) is 5.16. The van der Waals surface area contributed by atoms with E-state index in [0.717, 1.165) is 11.5 Å². The molecule has 7 nitrogen and oxygen atoms in total. The lowest BCUT2D eigenvalue weighted by atomic mass is 10.3. The predicted octanol–water partition coefficient (Wildman–Crippen LogP) is 2.58. The number of hydrogen-bond donors (Lipinski definition) is 1. The maximum atomic E-state index is 12.0. The third-order valence-electron chi connectivity index (χ3n) is 3.51. The Balaban J connectivity index is 1.67. The Labute approximate surface area is 153 Å². The molecule has 25 heavy (non-hydrogen) atoms. The molecule has 3 aromatic heterocycles. The Morgan fingerprint density at radius 3 is 3.04 bits per heavy atom. The summed E-state index contributed by atoms with van der Waals surface area (Å²) in [4.78, 5) is 16.1.